The van der Waals surface area contributed by atoms with Crippen molar-refractivity contribution in [1.82, 2.24) is 0 Å². The van der Waals surface area contributed by atoms with Crippen molar-refractivity contribution in [1.29, 1.82) is 0 Å². The van der Waals surface area contributed by atoms with Crippen LogP contribution < -0.4 is 19.1 Å². The summed E-state index contributed by atoms with van der Waals surface area (Å²) in [6.45, 7) is 0.497. The number of carbonyl (C=O) groups is 1. The molecule has 172 valence electrons. The molecule has 3 aromatic carbocycles. The molecule has 4 rings (SSSR count). The molecule has 0 aromatic heterocycles. The van der Waals surface area contributed by atoms with Crippen molar-refractivity contribution in [3.8, 4) is 11.5 Å². The Kier molecular flexibility index (Phi) is 6.24. The van der Waals surface area contributed by atoms with Gasteiger partial charge in [0.05, 0.1) is 24.8 Å². The molecular weight excluding hydrogens is 447 g/mol. The smallest absolute Gasteiger partial charge is 0.262 e. The number of nitrogens with zero attached hydrogens (tertiary/aromatic N) is 1. The third kappa shape index (κ3) is 4.63. The number of fused-ring (bicyclic) bond motifs is 1. The van der Waals surface area contributed by atoms with E-state index in [-0.39, 0.29) is 16.5 Å². The number of ether oxygens (including phenoxy) is 2. The van der Waals surface area contributed by atoms with Gasteiger partial charge < -0.3 is 14.4 Å². The molecule has 0 spiro atoms. The van der Waals surface area contributed by atoms with E-state index in [1.165, 1.54) is 44.6 Å². The van der Waals surface area contributed by atoms with Gasteiger partial charge in [0.25, 0.3) is 15.9 Å². The summed E-state index contributed by atoms with van der Waals surface area (Å²) in [6.07, 6.45) is 1.32. The first-order valence-corrected chi connectivity index (χ1v) is 11.8. The van der Waals surface area contributed by atoms with E-state index in [2.05, 4.69) is 4.72 Å². The van der Waals surface area contributed by atoms with Crippen molar-refractivity contribution >= 4 is 27.3 Å². The SMILES string of the molecule is COc1ccc(NS(=O)(=O)c2ccc3c(c2)CCCN3C(=O)c2ccc(F)cc2)c(OC)c1. The van der Waals surface area contributed by atoms with Crippen molar-refractivity contribution in [3.63, 3.8) is 0 Å². The van der Waals surface area contributed by atoms with E-state index in [0.717, 1.165) is 5.56 Å². The lowest BCUT2D eigenvalue weighted by molar-refractivity contribution is 0.0985. The van der Waals surface area contributed by atoms with Crippen LogP contribution in [0, 0.1) is 5.82 Å². The molecule has 0 radical (unpaired) electrons. The van der Waals surface area contributed by atoms with Crippen LogP contribution in [0.1, 0.15) is 22.3 Å². The number of amides is 1. The number of carbonyl (C=O) groups excluding carboxylic acids is 1. The maximum atomic E-state index is 13.2. The van der Waals surface area contributed by atoms with Crippen LogP contribution in [-0.4, -0.2) is 35.1 Å². The summed E-state index contributed by atoms with van der Waals surface area (Å²) in [7, 11) is -0.957. The van der Waals surface area contributed by atoms with E-state index >= 15 is 0 Å². The van der Waals surface area contributed by atoms with Gasteiger partial charge in [-0.2, -0.15) is 0 Å². The molecule has 33 heavy (non-hydrogen) atoms. The van der Waals surface area contributed by atoms with Crippen LogP contribution in [0.5, 0.6) is 11.5 Å². The molecule has 0 aliphatic carbocycles. The van der Waals surface area contributed by atoms with Gasteiger partial charge in [-0.05, 0) is 73.0 Å². The average molecular weight is 471 g/mol. The molecule has 3 aromatic rings. The van der Waals surface area contributed by atoms with E-state index in [0.29, 0.717) is 42.1 Å². The fraction of sp³-hybridized carbons (Fsp3) is 0.208. The molecule has 1 aliphatic rings. The second kappa shape index (κ2) is 9.11. The highest BCUT2D eigenvalue weighted by atomic mass is 32.2. The molecule has 1 heterocycles. The van der Waals surface area contributed by atoms with E-state index < -0.39 is 15.8 Å². The van der Waals surface area contributed by atoms with Gasteiger partial charge in [-0.3, -0.25) is 9.52 Å². The molecule has 0 fully saturated rings. The lowest BCUT2D eigenvalue weighted by Gasteiger charge is -2.30. The molecule has 7 nitrogen and oxygen atoms in total. The first-order chi connectivity index (χ1) is 15.8. The molecule has 0 unspecified atom stereocenters. The van der Waals surface area contributed by atoms with Crippen LogP contribution in [0.4, 0.5) is 15.8 Å². The number of hydrogen-bond acceptors (Lipinski definition) is 5. The van der Waals surface area contributed by atoms with Crippen molar-refractivity contribution in [3.05, 3.63) is 77.6 Å². The van der Waals surface area contributed by atoms with Gasteiger partial charge in [0.2, 0.25) is 0 Å². The van der Waals surface area contributed by atoms with Crippen molar-refractivity contribution in [2.75, 3.05) is 30.4 Å². The average Bonchev–Trinajstić information content (AvgIpc) is 2.83. The van der Waals surface area contributed by atoms with E-state index in [4.69, 9.17) is 9.47 Å². The zero-order valence-corrected chi connectivity index (χ0v) is 19.0. The number of anilines is 2. The predicted octanol–water partition coefficient (Wildman–Crippen LogP) is 4.24. The van der Waals surface area contributed by atoms with Crippen LogP contribution in [-0.2, 0) is 16.4 Å². The number of rotatable bonds is 6. The fourth-order valence-corrected chi connectivity index (χ4v) is 4.91. The number of methoxy groups -OCH3 is 2. The lowest BCUT2D eigenvalue weighted by atomic mass is 10.0. The third-order valence-electron chi connectivity index (χ3n) is 5.47. The number of halogens is 1. The summed E-state index contributed by atoms with van der Waals surface area (Å²) in [6, 6.07) is 14.8. The summed E-state index contributed by atoms with van der Waals surface area (Å²) in [5, 5.41) is 0. The standard InChI is InChI=1S/C24H23FN2O5S/c1-31-19-9-11-21(23(15-19)32-2)26-33(29,30)20-10-12-22-17(14-20)4-3-13-27(22)24(28)16-5-7-18(25)8-6-16/h5-12,14-15,26H,3-4,13H2,1-2H3. The van der Waals surface area contributed by atoms with E-state index in [9.17, 15) is 17.6 Å². The molecule has 1 amide bonds. The maximum Gasteiger partial charge on any atom is 0.262 e. The van der Waals surface area contributed by atoms with Crippen LogP contribution in [0.2, 0.25) is 0 Å². The highest BCUT2D eigenvalue weighted by Crippen LogP contribution is 2.33. The van der Waals surface area contributed by atoms with Gasteiger partial charge in [0.15, 0.2) is 0 Å². The number of aryl methyl sites for hydroxylation is 1. The molecule has 0 saturated heterocycles. The van der Waals surface area contributed by atoms with Crippen LogP contribution in [0.25, 0.3) is 0 Å². The normalized spacial score (nSPS) is 13.2. The molecule has 0 atom stereocenters. The van der Waals surface area contributed by atoms with E-state index in [1.807, 2.05) is 0 Å². The minimum absolute atomic E-state index is 0.0789. The second-order valence-corrected chi connectivity index (χ2v) is 9.21. The van der Waals surface area contributed by atoms with Crippen molar-refractivity contribution < 1.29 is 27.1 Å². The largest absolute Gasteiger partial charge is 0.497 e. The Morgan fingerprint density at radius 1 is 1.00 bits per heavy atom. The third-order valence-corrected chi connectivity index (χ3v) is 6.83. The zero-order chi connectivity index (χ0) is 23.6. The molecule has 0 bridgehead atoms. The lowest BCUT2D eigenvalue weighted by Crippen LogP contribution is -2.35. The Morgan fingerprint density at radius 2 is 1.76 bits per heavy atom. The zero-order valence-electron chi connectivity index (χ0n) is 18.2. The van der Waals surface area contributed by atoms with Crippen LogP contribution in [0.3, 0.4) is 0 Å². The van der Waals surface area contributed by atoms with Gasteiger partial charge in [0.1, 0.15) is 17.3 Å². The number of hydrogen-bond donors (Lipinski definition) is 1. The van der Waals surface area contributed by atoms with E-state index in [1.54, 1.807) is 35.2 Å². The van der Waals surface area contributed by atoms with Crippen LogP contribution >= 0.6 is 0 Å². The fourth-order valence-electron chi connectivity index (χ4n) is 3.79. The number of sulfonamides is 1. The summed E-state index contributed by atoms with van der Waals surface area (Å²) < 4.78 is 52.3. The monoisotopic (exact) mass is 470 g/mol. The maximum absolute atomic E-state index is 13.2. The quantitative estimate of drug-likeness (QED) is 0.583. The first kappa shape index (κ1) is 22.6. The minimum atomic E-state index is -3.91. The highest BCUT2D eigenvalue weighted by molar-refractivity contribution is 7.92. The van der Waals surface area contributed by atoms with Gasteiger partial charge >= 0.3 is 0 Å². The first-order valence-electron chi connectivity index (χ1n) is 10.3. The molecular formula is C24H23FN2O5S. The van der Waals surface area contributed by atoms with Crippen molar-refractivity contribution in [2.24, 2.45) is 0 Å². The topological polar surface area (TPSA) is 84.9 Å². The summed E-state index contributed by atoms with van der Waals surface area (Å²) in [5.74, 6) is 0.190. The Labute approximate surface area is 191 Å². The van der Waals surface area contributed by atoms with Gasteiger partial charge in [-0.1, -0.05) is 0 Å². The summed E-state index contributed by atoms with van der Waals surface area (Å²) >= 11 is 0. The highest BCUT2D eigenvalue weighted by Gasteiger charge is 2.26. The molecule has 1 aliphatic heterocycles. The Balaban J connectivity index is 1.62. The summed E-state index contributed by atoms with van der Waals surface area (Å²) in [4.78, 5) is 14.6. The minimum Gasteiger partial charge on any atom is -0.497 e. The second-order valence-electron chi connectivity index (χ2n) is 7.53. The molecule has 0 saturated carbocycles. The predicted molar refractivity (Wildman–Crippen MR) is 123 cm³/mol. The van der Waals surface area contributed by atoms with Gasteiger partial charge in [0, 0.05) is 23.9 Å². The van der Waals surface area contributed by atoms with Gasteiger partial charge in [-0.15, -0.1) is 0 Å². The van der Waals surface area contributed by atoms with Crippen LogP contribution in [0.15, 0.2) is 65.6 Å². The molecule has 9 heteroatoms. The van der Waals surface area contributed by atoms with Crippen molar-refractivity contribution in [2.45, 2.75) is 17.7 Å². The number of nitrogens with one attached hydrogen (secondary N) is 1. The molecule has 1 N–H and O–H groups in total. The summed E-state index contributed by atoms with van der Waals surface area (Å²) in [5.41, 5.74) is 2.05. The number of benzene rings is 3. The Bertz CT molecular complexity index is 1290. The Hall–Kier alpha value is -3.59. The van der Waals surface area contributed by atoms with Gasteiger partial charge in [-0.25, -0.2) is 12.8 Å². The Morgan fingerprint density at radius 3 is 2.45 bits per heavy atom.